The first-order valence-corrected chi connectivity index (χ1v) is 10.7. The monoisotopic (exact) mass is 493 g/mol. The van der Waals surface area contributed by atoms with Gasteiger partial charge in [0, 0.05) is 17.8 Å². The Kier molecular flexibility index (Phi) is 7.16. The van der Waals surface area contributed by atoms with Crippen LogP contribution in [0, 0.1) is 5.41 Å². The number of nitrogens with zero attached hydrogens (tertiary/aromatic N) is 1. The second-order valence-corrected chi connectivity index (χ2v) is 9.11. The molecule has 10 heteroatoms. The number of carbonyl (C=O) groups is 1. The van der Waals surface area contributed by atoms with Crippen LogP contribution in [0.1, 0.15) is 48.3 Å². The van der Waals surface area contributed by atoms with Crippen molar-refractivity contribution >= 4 is 16.9 Å². The van der Waals surface area contributed by atoms with Crippen LogP contribution in [0.3, 0.4) is 0 Å². The van der Waals surface area contributed by atoms with Gasteiger partial charge in [0.1, 0.15) is 12.2 Å². The number of aliphatic hydroxyl groups is 1. The Morgan fingerprint density at radius 2 is 1.77 bits per heavy atom. The molecule has 0 unspecified atom stereocenters. The smallest absolute Gasteiger partial charge is 0.416 e. The van der Waals surface area contributed by atoms with E-state index >= 15 is 0 Å². The largest absolute Gasteiger partial charge is 0.493 e. The van der Waals surface area contributed by atoms with Crippen LogP contribution in [-0.4, -0.2) is 34.5 Å². The molecule has 2 N–H and O–H groups in total. The van der Waals surface area contributed by atoms with Crippen LogP contribution < -0.4 is 14.9 Å². The summed E-state index contributed by atoms with van der Waals surface area (Å²) in [4.78, 5) is 24.8. The summed E-state index contributed by atoms with van der Waals surface area (Å²) in [6.07, 6.45) is -3.40. The molecule has 3 aromatic rings. The van der Waals surface area contributed by atoms with Gasteiger partial charge in [-0.25, -0.2) is 4.79 Å². The lowest BCUT2D eigenvalue weighted by Crippen LogP contribution is -2.30. The zero-order valence-corrected chi connectivity index (χ0v) is 19.6. The summed E-state index contributed by atoms with van der Waals surface area (Å²) in [6.45, 7) is 4.75. The van der Waals surface area contributed by atoms with Gasteiger partial charge in [-0.05, 0) is 17.5 Å². The fourth-order valence-electron chi connectivity index (χ4n) is 3.90. The molecule has 188 valence electrons. The lowest BCUT2D eigenvalue weighted by atomic mass is 9.86. The van der Waals surface area contributed by atoms with Crippen LogP contribution in [0.4, 0.5) is 13.2 Å². The zero-order chi connectivity index (χ0) is 26.1. The Balaban J connectivity index is 2.20. The number of hydrogen-bond donors (Lipinski definition) is 2. The lowest BCUT2D eigenvalue weighted by molar-refractivity contribution is -0.138. The Labute approximate surface area is 199 Å². The van der Waals surface area contributed by atoms with Crippen molar-refractivity contribution in [2.75, 3.05) is 13.7 Å². The van der Waals surface area contributed by atoms with E-state index < -0.39 is 46.8 Å². The first kappa shape index (κ1) is 26.1. The van der Waals surface area contributed by atoms with E-state index in [0.29, 0.717) is 0 Å². The standard InChI is InChI=1S/C25H26F3NO6/c1-24(2,3)21(12-30)29-11-16(23(32)33)22(31)15-9-20(19(34-4)10-18(15)29)35-13-14-7-5-6-8-17(14)25(26,27)28/h5-11,21,30H,12-13H2,1-4H3,(H,32,33)/t21-/m1/s1. The van der Waals surface area contributed by atoms with Crippen LogP contribution in [0.5, 0.6) is 11.5 Å². The molecule has 0 bridgehead atoms. The molecule has 2 aromatic carbocycles. The highest BCUT2D eigenvalue weighted by atomic mass is 19.4. The molecule has 0 aliphatic heterocycles. The van der Waals surface area contributed by atoms with Crippen molar-refractivity contribution in [2.45, 2.75) is 39.6 Å². The van der Waals surface area contributed by atoms with Crippen LogP contribution in [0.2, 0.25) is 0 Å². The maximum Gasteiger partial charge on any atom is 0.416 e. The highest BCUT2D eigenvalue weighted by molar-refractivity contribution is 5.93. The van der Waals surface area contributed by atoms with E-state index in [1.807, 2.05) is 20.8 Å². The molecular weight excluding hydrogens is 467 g/mol. The maximum atomic E-state index is 13.4. The molecule has 0 aliphatic carbocycles. The number of rotatable bonds is 7. The molecule has 0 amide bonds. The summed E-state index contributed by atoms with van der Waals surface area (Å²) >= 11 is 0. The van der Waals surface area contributed by atoms with Crippen molar-refractivity contribution < 1.29 is 37.7 Å². The van der Waals surface area contributed by atoms with E-state index in [9.17, 15) is 33.0 Å². The molecule has 0 spiro atoms. The van der Waals surface area contributed by atoms with Crippen molar-refractivity contribution in [2.24, 2.45) is 5.41 Å². The number of pyridine rings is 1. The second-order valence-electron chi connectivity index (χ2n) is 9.11. The first-order valence-electron chi connectivity index (χ1n) is 10.7. The van der Waals surface area contributed by atoms with Gasteiger partial charge < -0.3 is 24.3 Å². The molecule has 0 saturated carbocycles. The van der Waals surface area contributed by atoms with Crippen molar-refractivity contribution in [3.63, 3.8) is 0 Å². The quantitative estimate of drug-likeness (QED) is 0.487. The predicted octanol–water partition coefficient (Wildman–Crippen LogP) is 4.89. The predicted molar refractivity (Wildman–Crippen MR) is 123 cm³/mol. The third-order valence-electron chi connectivity index (χ3n) is 5.76. The molecule has 1 heterocycles. The maximum absolute atomic E-state index is 13.4. The third-order valence-corrected chi connectivity index (χ3v) is 5.76. The van der Waals surface area contributed by atoms with Gasteiger partial charge in [-0.1, -0.05) is 39.0 Å². The number of aromatic carboxylic acids is 1. The van der Waals surface area contributed by atoms with E-state index in [2.05, 4.69) is 0 Å². The van der Waals surface area contributed by atoms with Crippen LogP contribution in [0.15, 0.2) is 47.4 Å². The van der Waals surface area contributed by atoms with Crippen molar-refractivity contribution in [3.8, 4) is 11.5 Å². The molecule has 0 fully saturated rings. The number of hydrogen-bond acceptors (Lipinski definition) is 5. The summed E-state index contributed by atoms with van der Waals surface area (Å²) < 4.78 is 52.6. The Hall–Kier alpha value is -3.53. The molecule has 3 rings (SSSR count). The van der Waals surface area contributed by atoms with Gasteiger partial charge in [0.25, 0.3) is 0 Å². The number of aliphatic hydroxyl groups excluding tert-OH is 1. The number of fused-ring (bicyclic) bond motifs is 1. The number of carboxylic acid groups (broad SMARTS) is 1. The van der Waals surface area contributed by atoms with Gasteiger partial charge in [-0.15, -0.1) is 0 Å². The molecule has 1 aromatic heterocycles. The number of aromatic nitrogens is 1. The minimum Gasteiger partial charge on any atom is -0.493 e. The van der Waals surface area contributed by atoms with Gasteiger partial charge in [0.2, 0.25) is 5.43 Å². The lowest BCUT2D eigenvalue weighted by Gasteiger charge is -2.33. The number of benzene rings is 2. The number of carboxylic acids is 1. The fraction of sp³-hybridized carbons (Fsp3) is 0.360. The van der Waals surface area contributed by atoms with E-state index in [0.717, 1.165) is 6.07 Å². The summed E-state index contributed by atoms with van der Waals surface area (Å²) in [5.74, 6) is -1.35. The van der Waals surface area contributed by atoms with E-state index in [4.69, 9.17) is 9.47 Å². The summed E-state index contributed by atoms with van der Waals surface area (Å²) in [5, 5.41) is 19.6. The van der Waals surface area contributed by atoms with Gasteiger partial charge >= 0.3 is 12.1 Å². The van der Waals surface area contributed by atoms with E-state index in [-0.39, 0.29) is 34.6 Å². The van der Waals surface area contributed by atoms with Crippen LogP contribution >= 0.6 is 0 Å². The highest BCUT2D eigenvalue weighted by Gasteiger charge is 2.33. The SMILES string of the molecule is COc1cc2c(cc1OCc1ccccc1C(F)(F)F)c(=O)c(C(=O)O)cn2[C@H](CO)C(C)(C)C. The molecule has 0 radical (unpaired) electrons. The van der Waals surface area contributed by atoms with E-state index in [1.54, 1.807) is 0 Å². The van der Waals surface area contributed by atoms with Gasteiger partial charge in [0.05, 0.1) is 36.2 Å². The van der Waals surface area contributed by atoms with Gasteiger partial charge in [-0.2, -0.15) is 13.2 Å². The first-order chi connectivity index (χ1) is 16.3. The molecule has 35 heavy (non-hydrogen) atoms. The minimum absolute atomic E-state index is 0.0283. The van der Waals surface area contributed by atoms with Crippen molar-refractivity contribution in [1.29, 1.82) is 0 Å². The molecule has 7 nitrogen and oxygen atoms in total. The average Bonchev–Trinajstić information content (AvgIpc) is 2.77. The highest BCUT2D eigenvalue weighted by Crippen LogP contribution is 2.38. The summed E-state index contributed by atoms with van der Waals surface area (Å²) in [7, 11) is 1.33. The van der Waals surface area contributed by atoms with Crippen LogP contribution in [-0.2, 0) is 12.8 Å². The Bertz CT molecular complexity index is 1310. The van der Waals surface area contributed by atoms with Crippen LogP contribution in [0.25, 0.3) is 10.9 Å². The topological polar surface area (TPSA) is 98.0 Å². The zero-order valence-electron chi connectivity index (χ0n) is 19.6. The van der Waals surface area contributed by atoms with E-state index in [1.165, 1.54) is 48.2 Å². The Morgan fingerprint density at radius 3 is 2.31 bits per heavy atom. The van der Waals surface area contributed by atoms with Gasteiger partial charge in [0.15, 0.2) is 11.5 Å². The molecule has 0 aliphatic rings. The third kappa shape index (κ3) is 5.27. The molecule has 0 saturated heterocycles. The Morgan fingerprint density at radius 1 is 1.11 bits per heavy atom. The average molecular weight is 493 g/mol. The minimum atomic E-state index is -4.58. The van der Waals surface area contributed by atoms with Crippen molar-refractivity contribution in [1.82, 2.24) is 4.57 Å². The fourth-order valence-corrected chi connectivity index (χ4v) is 3.90. The number of halogens is 3. The molecule has 1 atom stereocenters. The molecular formula is C25H26F3NO6. The number of ether oxygens (including phenoxy) is 2. The normalized spacial score (nSPS) is 13.0. The summed E-state index contributed by atoms with van der Waals surface area (Å²) in [5.41, 5.74) is -2.51. The van der Waals surface area contributed by atoms with Gasteiger partial charge in [-0.3, -0.25) is 4.79 Å². The second kappa shape index (κ2) is 9.61. The number of methoxy groups -OCH3 is 1. The number of alkyl halides is 3. The van der Waals surface area contributed by atoms with Crippen molar-refractivity contribution in [3.05, 3.63) is 69.5 Å². The summed E-state index contributed by atoms with van der Waals surface area (Å²) in [6, 6.07) is 7.04.